The number of hydrogen-bond donors (Lipinski definition) is 2. The van der Waals surface area contributed by atoms with Crippen molar-refractivity contribution >= 4 is 17.0 Å². The molecule has 3 rings (SSSR count). The average molecular weight is 301 g/mol. The Kier molecular flexibility index (Phi) is 1.38. The zero-order valence-corrected chi connectivity index (χ0v) is 10.8. The van der Waals surface area contributed by atoms with Crippen LogP contribution in [0.25, 0.3) is 10.9 Å². The summed E-state index contributed by atoms with van der Waals surface area (Å²) in [5, 5.41) is 1.62. The third kappa shape index (κ3) is 3.19. The molecule has 1 amide bonds. The van der Waals surface area contributed by atoms with Crippen LogP contribution in [0.5, 0.6) is 0 Å². The molecule has 5 heteroatoms. The summed E-state index contributed by atoms with van der Waals surface area (Å²) >= 11 is 0. The van der Waals surface area contributed by atoms with Crippen LogP contribution in [-0.2, 0) is 17.5 Å². The largest absolute Gasteiger partial charge is 0.447 e. The highest BCUT2D eigenvalue weighted by atomic mass is 16.6. The number of H-pyrrole nitrogens is 1. The maximum Gasteiger partial charge on any atom is 0.407 e. The van der Waals surface area contributed by atoms with E-state index in [-0.39, 0.29) is 22.9 Å². The van der Waals surface area contributed by atoms with Gasteiger partial charge in [0.1, 0.15) is 6.56 Å². The van der Waals surface area contributed by atoms with E-state index >= 15 is 0 Å². The molecule has 1 fully saturated rings. The summed E-state index contributed by atoms with van der Waals surface area (Å²) in [5.74, 6) is 0. The summed E-state index contributed by atoms with van der Waals surface area (Å²) in [6.07, 6.45) is -3.66. The normalized spacial score (nSPS) is 35.8. The Bertz CT molecular complexity index is 1160. The summed E-state index contributed by atoms with van der Waals surface area (Å²) < 4.78 is 115. The lowest BCUT2D eigenvalue weighted by atomic mass is 10.0. The van der Waals surface area contributed by atoms with Gasteiger partial charge in [-0.15, -0.1) is 0 Å². The molecule has 1 aliphatic rings. The summed E-state index contributed by atoms with van der Waals surface area (Å²) in [6.45, 7) is -9.66. The molecule has 21 heavy (non-hydrogen) atoms. The molecule has 0 bridgehead atoms. The maximum absolute atomic E-state index is 11.6. The summed E-state index contributed by atoms with van der Waals surface area (Å²) in [6, 6.07) is -5.27. The second-order valence-electron chi connectivity index (χ2n) is 4.33. The fraction of sp³-hybridized carbons (Fsp3) is 0.438. The average Bonchev–Trinajstić information content (AvgIpc) is 3.16. The van der Waals surface area contributed by atoms with Gasteiger partial charge in [0.2, 0.25) is 0 Å². The lowest BCUT2D eigenvalue weighted by Gasteiger charge is -2.09. The van der Waals surface area contributed by atoms with Crippen LogP contribution < -0.4 is 5.32 Å². The summed E-state index contributed by atoms with van der Waals surface area (Å²) in [4.78, 5) is 14.6. The van der Waals surface area contributed by atoms with Crippen LogP contribution in [0, 0.1) is 0 Å². The van der Waals surface area contributed by atoms with Gasteiger partial charge in [0, 0.05) is 34.6 Å². The van der Waals surface area contributed by atoms with Crippen molar-refractivity contribution in [1.29, 1.82) is 0 Å². The monoisotopic (exact) mass is 301 g/mol. The van der Waals surface area contributed by atoms with Gasteiger partial charge in [0.15, 0.2) is 0 Å². The van der Waals surface area contributed by atoms with Crippen molar-refractivity contribution in [3.63, 3.8) is 0 Å². The van der Waals surface area contributed by atoms with E-state index in [0.717, 1.165) is 0 Å². The number of aromatic nitrogens is 1. The molecule has 1 atom stereocenters. The first kappa shape index (κ1) is 5.02. The van der Waals surface area contributed by atoms with Crippen LogP contribution in [0.1, 0.15) is 30.3 Å². The molecule has 0 aliphatic carbocycles. The number of carbonyl (C=O) groups excluding carboxylic acids is 1. The van der Waals surface area contributed by atoms with Crippen LogP contribution >= 0.6 is 0 Å². The number of nitrogens with zero attached hydrogens (tertiary/aromatic N) is 1. The zero-order chi connectivity index (χ0) is 26.9. The van der Waals surface area contributed by atoms with Crippen molar-refractivity contribution in [2.45, 2.75) is 18.8 Å². The van der Waals surface area contributed by atoms with Gasteiger partial charge in [-0.1, -0.05) is 6.04 Å². The fourth-order valence-corrected chi connectivity index (χ4v) is 1.91. The molecular weight excluding hydrogens is 266 g/mol. The molecule has 1 aromatic heterocycles. The number of rotatable bonds is 5. The molecule has 0 radical (unpaired) electrons. The Balaban J connectivity index is 2.17. The van der Waals surface area contributed by atoms with E-state index < -0.39 is 69.2 Å². The van der Waals surface area contributed by atoms with E-state index in [2.05, 4.69) is 9.72 Å². The number of fused-ring (bicyclic) bond motifs is 1. The van der Waals surface area contributed by atoms with E-state index in [1.54, 1.807) is 5.32 Å². The van der Waals surface area contributed by atoms with Crippen LogP contribution in [0.3, 0.4) is 0 Å². The molecule has 2 aromatic rings. The van der Waals surface area contributed by atoms with Gasteiger partial charge < -0.3 is 19.9 Å². The Labute approximate surface area is 143 Å². The number of hydrogen-bond acceptors (Lipinski definition) is 3. The number of benzene rings is 1. The van der Waals surface area contributed by atoms with Gasteiger partial charge in [-0.2, -0.15) is 0 Å². The number of cyclic esters (lactones) is 1. The molecule has 1 aliphatic heterocycles. The van der Waals surface area contributed by atoms with Gasteiger partial charge in [-0.05, 0) is 50.0 Å². The maximum atomic E-state index is 11.6. The number of alkyl carbamates (subject to hydrolysis) is 1. The second kappa shape index (κ2) is 5.77. The SMILES string of the molecule is [2H]c1c(C([2H])([2H])[C@]2([2H])NC(=O)OC2([2H])[2H])c([2H])c2c(CCN(C([2H])([2H])[2H])C([2H])([2H])[2H])c[nH]c2c1[2H]. The molecular formula is C16H21N3O2. The third-order valence-corrected chi connectivity index (χ3v) is 2.85. The minimum absolute atomic E-state index is 0.0855. The lowest BCUT2D eigenvalue weighted by Crippen LogP contribution is -2.28. The number of ether oxygens (including phenoxy) is 1. The highest BCUT2D eigenvalue weighted by Gasteiger charge is 2.22. The van der Waals surface area contributed by atoms with Gasteiger partial charge in [0.05, 0.1) is 14.2 Å². The molecule has 2 heterocycles. The molecule has 2 N–H and O–H groups in total. The molecule has 5 nitrogen and oxygen atoms in total. The minimum atomic E-state index is -3.25. The van der Waals surface area contributed by atoms with Crippen molar-refractivity contribution in [3.05, 3.63) is 35.5 Å². The van der Waals surface area contributed by atoms with Crippen molar-refractivity contribution in [2.75, 3.05) is 27.1 Å². The molecule has 1 saturated heterocycles. The third-order valence-electron chi connectivity index (χ3n) is 2.85. The van der Waals surface area contributed by atoms with Crippen LogP contribution in [0.2, 0.25) is 0 Å². The van der Waals surface area contributed by atoms with E-state index in [0.29, 0.717) is 4.90 Å². The first-order chi connectivity index (χ1) is 15.7. The standard InChI is InChI=1S/C16H21N3O2/c1-19(2)6-5-12-9-17-15-4-3-11(8-14(12)15)7-13-10-21-16(20)18-13/h3-4,8-9,13,17H,5-7,10H2,1-2H3,(H,18,20)/t13-/m0/s1/i1D3,2D3,3D,4D,7D2,8D,10D2,13D. The van der Waals surface area contributed by atoms with E-state index in [1.165, 1.54) is 6.20 Å². The van der Waals surface area contributed by atoms with E-state index in [1.807, 2.05) is 0 Å². The van der Waals surface area contributed by atoms with Gasteiger partial charge >= 0.3 is 6.09 Å². The number of likely N-dealkylation sites (N-methyl/N-ethyl adjacent to an activating group) is 1. The molecule has 112 valence electrons. The first-order valence-electron chi connectivity index (χ1n) is 13.1. The van der Waals surface area contributed by atoms with Crippen molar-refractivity contribution in [3.8, 4) is 0 Å². The van der Waals surface area contributed by atoms with Crippen molar-refractivity contribution in [1.82, 2.24) is 15.2 Å². The van der Waals surface area contributed by atoms with E-state index in [9.17, 15) is 4.79 Å². The van der Waals surface area contributed by atoms with E-state index in [4.69, 9.17) is 19.2 Å². The quantitative estimate of drug-likeness (QED) is 0.887. The predicted octanol–water partition coefficient (Wildman–Crippen LogP) is 1.92. The summed E-state index contributed by atoms with van der Waals surface area (Å²) in [5.41, 5.74) is -0.815. The van der Waals surface area contributed by atoms with Gasteiger partial charge in [-0.25, -0.2) is 4.79 Å². The molecule has 0 unspecified atom stereocenters. The molecule has 0 saturated carbocycles. The Morgan fingerprint density at radius 3 is 3.33 bits per heavy atom. The lowest BCUT2D eigenvalue weighted by molar-refractivity contribution is 0.177. The Morgan fingerprint density at radius 1 is 1.67 bits per heavy atom. The van der Waals surface area contributed by atoms with Gasteiger partial charge in [-0.3, -0.25) is 0 Å². The minimum Gasteiger partial charge on any atom is -0.447 e. The second-order valence-corrected chi connectivity index (χ2v) is 4.33. The predicted molar refractivity (Wildman–Crippen MR) is 82.5 cm³/mol. The Hall–Kier alpha value is -2.01. The van der Waals surface area contributed by atoms with Crippen molar-refractivity contribution in [2.24, 2.45) is 0 Å². The highest BCUT2D eigenvalue weighted by Crippen LogP contribution is 2.21. The molecule has 1 aromatic carbocycles. The highest BCUT2D eigenvalue weighted by molar-refractivity contribution is 5.84. The number of nitrogens with one attached hydrogen (secondary N) is 2. The number of amides is 1. The Morgan fingerprint density at radius 2 is 2.57 bits per heavy atom. The van der Waals surface area contributed by atoms with Crippen LogP contribution in [0.4, 0.5) is 4.79 Å². The van der Waals surface area contributed by atoms with Crippen LogP contribution in [-0.4, -0.2) is 49.1 Å². The first-order valence-corrected chi connectivity index (χ1v) is 6.06. The van der Waals surface area contributed by atoms with Crippen molar-refractivity contribution < 1.29 is 28.7 Å². The smallest absolute Gasteiger partial charge is 0.407 e. The zero-order valence-electron chi connectivity index (χ0n) is 24.8. The summed E-state index contributed by atoms with van der Waals surface area (Å²) in [7, 11) is 0. The number of aromatic amines is 1. The topological polar surface area (TPSA) is 57.4 Å². The fourth-order valence-electron chi connectivity index (χ4n) is 1.91. The van der Waals surface area contributed by atoms with Gasteiger partial charge in [0.25, 0.3) is 0 Å². The van der Waals surface area contributed by atoms with Crippen LogP contribution in [0.15, 0.2) is 24.3 Å². The number of carbonyl (C=O) groups is 1. The molecule has 0 spiro atoms.